The van der Waals surface area contributed by atoms with Crippen molar-refractivity contribution in [3.8, 4) is 11.8 Å². The molecule has 8 heteroatoms. The third-order valence-corrected chi connectivity index (χ3v) is 7.02. The molecule has 0 radical (unpaired) electrons. The fraction of sp³-hybridized carbons (Fsp3) is 0.370. The number of aromatic nitrogens is 2. The van der Waals surface area contributed by atoms with Crippen molar-refractivity contribution in [3.63, 3.8) is 0 Å². The van der Waals surface area contributed by atoms with Gasteiger partial charge in [-0.25, -0.2) is 4.39 Å². The fourth-order valence-electron chi connectivity index (χ4n) is 5.14. The van der Waals surface area contributed by atoms with Crippen LogP contribution in [0.4, 0.5) is 10.1 Å². The molecule has 1 saturated heterocycles. The molecule has 7 nitrogen and oxygen atoms in total. The van der Waals surface area contributed by atoms with Crippen LogP contribution in [0.1, 0.15) is 41.2 Å². The van der Waals surface area contributed by atoms with E-state index in [1.54, 1.807) is 41.4 Å². The third-order valence-electron chi connectivity index (χ3n) is 7.02. The highest BCUT2D eigenvalue weighted by molar-refractivity contribution is 6.04. The van der Waals surface area contributed by atoms with Crippen LogP contribution in [0, 0.1) is 23.1 Å². The molecule has 1 N–H and O–H groups in total. The number of pyridine rings is 1. The predicted molar refractivity (Wildman–Crippen MR) is 130 cm³/mol. The van der Waals surface area contributed by atoms with Crippen molar-refractivity contribution in [3.05, 3.63) is 78.1 Å². The van der Waals surface area contributed by atoms with Crippen LogP contribution in [0.5, 0.6) is 0 Å². The van der Waals surface area contributed by atoms with Crippen molar-refractivity contribution in [1.82, 2.24) is 14.5 Å². The summed E-state index contributed by atoms with van der Waals surface area (Å²) in [6, 6.07) is 14.5. The van der Waals surface area contributed by atoms with E-state index in [2.05, 4.69) is 16.3 Å². The van der Waals surface area contributed by atoms with E-state index < -0.39 is 0 Å². The largest absolute Gasteiger partial charge is 0.379 e. The quantitative estimate of drug-likeness (QED) is 0.595. The van der Waals surface area contributed by atoms with Gasteiger partial charge in [0.15, 0.2) is 0 Å². The summed E-state index contributed by atoms with van der Waals surface area (Å²) in [6.45, 7) is 3.30. The van der Waals surface area contributed by atoms with Gasteiger partial charge in [-0.3, -0.25) is 14.7 Å². The molecule has 1 saturated carbocycles. The normalized spacial score (nSPS) is 22.9. The number of ether oxygens (including phenoxy) is 1. The number of hydrogen-bond donors (Lipinski definition) is 1. The van der Waals surface area contributed by atoms with Crippen molar-refractivity contribution >= 4 is 11.6 Å². The van der Waals surface area contributed by atoms with E-state index in [-0.39, 0.29) is 23.6 Å². The molecule has 3 unspecified atom stereocenters. The lowest BCUT2D eigenvalue weighted by molar-refractivity contribution is 0.0000695. The Balaban J connectivity index is 1.27. The molecule has 0 bridgehead atoms. The summed E-state index contributed by atoms with van der Waals surface area (Å²) < 4.78 is 20.5. The standard InChI is InChI=1S/C27H28FN5O2/c28-21-2-5-23(6-3-21)33-10-9-20(18-33)27(34)31-22-4-7-25(30-17-22)24-15-19(16-29)1-8-26(24)32-11-13-35-14-12-32/h2-7,9-10,17-19,24,26H,1,8,11-15H2,(H,31,34). The monoisotopic (exact) mass is 473 g/mol. The number of carbonyl (C=O) groups is 1. The van der Waals surface area contributed by atoms with Crippen LogP contribution >= 0.6 is 0 Å². The molecule has 0 spiro atoms. The second-order valence-electron chi connectivity index (χ2n) is 9.17. The Hall–Kier alpha value is -3.54. The average Bonchev–Trinajstić information content (AvgIpc) is 3.40. The Bertz CT molecular complexity index is 1200. The Morgan fingerprint density at radius 3 is 2.63 bits per heavy atom. The molecule has 3 aromatic rings. The lowest BCUT2D eigenvalue weighted by Gasteiger charge is -2.42. The number of hydrogen-bond acceptors (Lipinski definition) is 5. The van der Waals surface area contributed by atoms with Gasteiger partial charge in [0.05, 0.1) is 36.7 Å². The number of anilines is 1. The highest BCUT2D eigenvalue weighted by Crippen LogP contribution is 2.38. The van der Waals surface area contributed by atoms with Gasteiger partial charge in [-0.05, 0) is 61.7 Å². The molecule has 3 heterocycles. The van der Waals surface area contributed by atoms with Crippen LogP contribution in [0.2, 0.25) is 0 Å². The number of halogens is 1. The summed E-state index contributed by atoms with van der Waals surface area (Å²) in [5.41, 5.74) is 2.84. The SMILES string of the molecule is N#CC1CCC(N2CCOCC2)C(c2ccc(NC(=O)c3ccn(-c4ccc(F)cc4)c3)cn2)C1. The van der Waals surface area contributed by atoms with Gasteiger partial charge in [0.25, 0.3) is 5.91 Å². The first-order chi connectivity index (χ1) is 17.1. The fourth-order valence-corrected chi connectivity index (χ4v) is 5.14. The average molecular weight is 474 g/mol. The number of nitrogens with zero attached hydrogens (tertiary/aromatic N) is 4. The third kappa shape index (κ3) is 5.26. The summed E-state index contributed by atoms with van der Waals surface area (Å²) in [7, 11) is 0. The summed E-state index contributed by atoms with van der Waals surface area (Å²) in [5, 5.41) is 12.4. The highest BCUT2D eigenvalue weighted by atomic mass is 19.1. The number of nitriles is 1. The molecule has 1 aromatic carbocycles. The lowest BCUT2D eigenvalue weighted by atomic mass is 9.76. The minimum absolute atomic E-state index is 0.0450. The van der Waals surface area contributed by atoms with Crippen LogP contribution in [0.3, 0.4) is 0 Å². The molecule has 5 rings (SSSR count). The molecule has 2 aliphatic rings. The second kappa shape index (κ2) is 10.4. The first kappa shape index (κ1) is 23.2. The second-order valence-corrected chi connectivity index (χ2v) is 9.17. The molecule has 2 fully saturated rings. The zero-order chi connectivity index (χ0) is 24.2. The molecule has 1 aliphatic heterocycles. The minimum Gasteiger partial charge on any atom is -0.379 e. The molecule has 1 amide bonds. The topological polar surface area (TPSA) is 83.2 Å². The number of nitrogens with one attached hydrogen (secondary N) is 1. The van der Waals surface area contributed by atoms with Crippen LogP contribution in [-0.2, 0) is 4.74 Å². The lowest BCUT2D eigenvalue weighted by Crippen LogP contribution is -2.48. The van der Waals surface area contributed by atoms with Crippen molar-refractivity contribution in [2.75, 3.05) is 31.6 Å². The first-order valence-corrected chi connectivity index (χ1v) is 12.0. The van der Waals surface area contributed by atoms with Crippen LogP contribution in [0.15, 0.2) is 61.1 Å². The molecular weight excluding hydrogens is 445 g/mol. The van der Waals surface area contributed by atoms with E-state index in [9.17, 15) is 14.4 Å². The van der Waals surface area contributed by atoms with Crippen LogP contribution < -0.4 is 5.32 Å². The summed E-state index contributed by atoms with van der Waals surface area (Å²) in [4.78, 5) is 20.0. The Morgan fingerprint density at radius 2 is 1.91 bits per heavy atom. The van der Waals surface area contributed by atoms with Gasteiger partial charge in [-0.1, -0.05) is 0 Å². The maximum atomic E-state index is 13.2. The summed E-state index contributed by atoms with van der Waals surface area (Å²) >= 11 is 0. The summed E-state index contributed by atoms with van der Waals surface area (Å²) in [5.74, 6) is -0.319. The molecular formula is C27H28FN5O2. The number of amides is 1. The zero-order valence-electron chi connectivity index (χ0n) is 19.4. The number of morpholine rings is 1. The van der Waals surface area contributed by atoms with Gasteiger partial charge in [0, 0.05) is 54.7 Å². The van der Waals surface area contributed by atoms with Crippen molar-refractivity contribution in [2.24, 2.45) is 5.92 Å². The van der Waals surface area contributed by atoms with Crippen molar-refractivity contribution < 1.29 is 13.9 Å². The van der Waals surface area contributed by atoms with E-state index in [1.807, 2.05) is 12.1 Å². The maximum Gasteiger partial charge on any atom is 0.257 e. The Labute approximate surface area is 204 Å². The van der Waals surface area contributed by atoms with E-state index in [4.69, 9.17) is 9.72 Å². The maximum absolute atomic E-state index is 13.2. The highest BCUT2D eigenvalue weighted by Gasteiger charge is 2.36. The molecule has 3 atom stereocenters. The minimum atomic E-state index is -0.303. The molecule has 2 aromatic heterocycles. The molecule has 1 aliphatic carbocycles. The van der Waals surface area contributed by atoms with Crippen LogP contribution in [-0.4, -0.2) is 52.7 Å². The van der Waals surface area contributed by atoms with E-state index in [1.165, 1.54) is 12.1 Å². The van der Waals surface area contributed by atoms with Gasteiger partial charge >= 0.3 is 0 Å². The number of rotatable bonds is 5. The molecule has 180 valence electrons. The van der Waals surface area contributed by atoms with Gasteiger partial charge in [0.2, 0.25) is 0 Å². The van der Waals surface area contributed by atoms with E-state index >= 15 is 0 Å². The summed E-state index contributed by atoms with van der Waals surface area (Å²) in [6.07, 6.45) is 7.87. The smallest absolute Gasteiger partial charge is 0.257 e. The Morgan fingerprint density at radius 1 is 1.11 bits per heavy atom. The van der Waals surface area contributed by atoms with Gasteiger partial charge in [-0.2, -0.15) is 5.26 Å². The van der Waals surface area contributed by atoms with Crippen molar-refractivity contribution in [1.29, 1.82) is 5.26 Å². The predicted octanol–water partition coefficient (Wildman–Crippen LogP) is 4.37. The van der Waals surface area contributed by atoms with Crippen molar-refractivity contribution in [2.45, 2.75) is 31.2 Å². The zero-order valence-corrected chi connectivity index (χ0v) is 19.4. The first-order valence-electron chi connectivity index (χ1n) is 12.0. The van der Waals surface area contributed by atoms with Gasteiger partial charge in [-0.15, -0.1) is 0 Å². The number of benzene rings is 1. The van der Waals surface area contributed by atoms with E-state index in [0.717, 1.165) is 56.9 Å². The molecule has 35 heavy (non-hydrogen) atoms. The van der Waals surface area contributed by atoms with Gasteiger partial charge < -0.3 is 14.6 Å². The van der Waals surface area contributed by atoms with Crippen LogP contribution in [0.25, 0.3) is 5.69 Å². The Kier molecular flexibility index (Phi) is 6.89. The number of carbonyl (C=O) groups excluding carboxylic acids is 1. The van der Waals surface area contributed by atoms with E-state index in [0.29, 0.717) is 17.3 Å². The van der Waals surface area contributed by atoms with Gasteiger partial charge in [0.1, 0.15) is 5.82 Å².